The van der Waals surface area contributed by atoms with E-state index in [1.165, 1.54) is 19.3 Å². The van der Waals surface area contributed by atoms with Crippen molar-refractivity contribution in [2.45, 2.75) is 51.1 Å². The Labute approximate surface area is 81.5 Å². The predicted octanol–water partition coefficient (Wildman–Crippen LogP) is 3.65. The number of hydrogen-bond donors (Lipinski definition) is 0. The summed E-state index contributed by atoms with van der Waals surface area (Å²) in [7, 11) is -0.660. The Morgan fingerprint density at radius 1 is 1.31 bits per heavy atom. The van der Waals surface area contributed by atoms with Gasteiger partial charge in [0.05, 0.1) is 0 Å². The number of rotatable bonds is 4. The lowest BCUT2D eigenvalue weighted by Gasteiger charge is -2.28. The topological polar surface area (TPSA) is 26.3 Å². The molecule has 0 radical (unpaired) electrons. The van der Waals surface area contributed by atoms with Crippen LogP contribution in [-0.2, 0) is 9.09 Å². The smallest absolute Gasteiger partial charge is 0.205 e. The van der Waals surface area contributed by atoms with Gasteiger partial charge in [-0.15, -0.1) is 0 Å². The van der Waals surface area contributed by atoms with Crippen molar-refractivity contribution >= 4 is 7.37 Å². The van der Waals surface area contributed by atoms with Crippen LogP contribution in [0, 0.1) is 0 Å². The molecule has 0 amide bonds. The van der Waals surface area contributed by atoms with Crippen LogP contribution in [0.5, 0.6) is 0 Å². The minimum absolute atomic E-state index is 0.367. The molecule has 13 heavy (non-hydrogen) atoms. The zero-order valence-corrected chi connectivity index (χ0v) is 9.69. The summed E-state index contributed by atoms with van der Waals surface area (Å²) >= 11 is 0. The highest BCUT2D eigenvalue weighted by Crippen LogP contribution is 2.56. The Morgan fingerprint density at radius 3 is 2.38 bits per heavy atom. The molecule has 0 aromatic heterocycles. The second-order valence-corrected chi connectivity index (χ2v) is 6.92. The average molecular weight is 204 g/mol. The molecule has 1 aliphatic carbocycles. The van der Waals surface area contributed by atoms with Crippen LogP contribution in [0.2, 0.25) is 0 Å². The fourth-order valence-electron chi connectivity index (χ4n) is 2.21. The van der Waals surface area contributed by atoms with Gasteiger partial charge < -0.3 is 4.52 Å². The molecule has 1 atom stereocenters. The highest BCUT2D eigenvalue weighted by Gasteiger charge is 2.32. The lowest BCUT2D eigenvalue weighted by Crippen LogP contribution is -2.15. The fourth-order valence-corrected chi connectivity index (χ4v) is 4.83. The maximum atomic E-state index is 12.3. The first kappa shape index (κ1) is 11.3. The summed E-state index contributed by atoms with van der Waals surface area (Å²) in [4.78, 5) is 0. The van der Waals surface area contributed by atoms with Gasteiger partial charge in [0.2, 0.25) is 7.37 Å². The Balaban J connectivity index is 2.57. The van der Waals surface area contributed by atoms with Crippen LogP contribution in [0.3, 0.4) is 0 Å². The summed E-state index contributed by atoms with van der Waals surface area (Å²) < 4.78 is 17.6. The molecular weight excluding hydrogens is 183 g/mol. The molecule has 1 rings (SSSR count). The van der Waals surface area contributed by atoms with Crippen molar-refractivity contribution < 1.29 is 9.09 Å². The van der Waals surface area contributed by atoms with E-state index >= 15 is 0 Å². The molecule has 0 aliphatic heterocycles. The molecule has 78 valence electrons. The van der Waals surface area contributed by atoms with Crippen molar-refractivity contribution in [3.05, 3.63) is 0 Å². The summed E-state index contributed by atoms with van der Waals surface area (Å²) in [5.74, 6) is 0. The average Bonchev–Trinajstić information content (AvgIpc) is 2.19. The Kier molecular flexibility index (Phi) is 4.48. The molecule has 1 fully saturated rings. The van der Waals surface area contributed by atoms with Crippen LogP contribution >= 0.6 is 7.37 Å². The highest BCUT2D eigenvalue weighted by atomic mass is 31.2. The van der Waals surface area contributed by atoms with Crippen LogP contribution in [0.4, 0.5) is 0 Å². The molecule has 0 heterocycles. The van der Waals surface area contributed by atoms with Gasteiger partial charge in [0, 0.05) is 18.9 Å². The van der Waals surface area contributed by atoms with Gasteiger partial charge in [-0.2, -0.15) is 0 Å². The summed E-state index contributed by atoms with van der Waals surface area (Å²) in [6.07, 6.45) is 7.77. The molecule has 0 bridgehead atoms. The van der Waals surface area contributed by atoms with Crippen LogP contribution in [-0.4, -0.2) is 18.9 Å². The molecule has 0 aromatic carbocycles. The van der Waals surface area contributed by atoms with Crippen LogP contribution in [0.1, 0.15) is 45.4 Å². The number of hydrogen-bond acceptors (Lipinski definition) is 2. The molecule has 3 heteroatoms. The maximum absolute atomic E-state index is 12.3. The molecule has 1 aliphatic rings. The lowest BCUT2D eigenvalue weighted by atomic mass is 10.0. The fraction of sp³-hybridized carbons (Fsp3) is 1.00. The monoisotopic (exact) mass is 204 g/mol. The standard InChI is InChI=1S/C10H21O2P/c1-3-9-13(11,12-2)10-7-5-4-6-8-10/h10H,3-9H2,1-2H3. The van der Waals surface area contributed by atoms with Crippen LogP contribution < -0.4 is 0 Å². The minimum Gasteiger partial charge on any atom is -0.332 e. The van der Waals surface area contributed by atoms with Crippen molar-refractivity contribution in [3.63, 3.8) is 0 Å². The normalized spacial score (nSPS) is 24.2. The first-order chi connectivity index (χ1) is 6.23. The molecule has 1 saturated carbocycles. The second kappa shape index (κ2) is 5.17. The van der Waals surface area contributed by atoms with Gasteiger partial charge in [-0.1, -0.05) is 26.2 Å². The third kappa shape index (κ3) is 2.82. The third-order valence-corrected chi connectivity index (χ3v) is 6.29. The van der Waals surface area contributed by atoms with Gasteiger partial charge in [0.1, 0.15) is 0 Å². The Hall–Kier alpha value is 0.190. The van der Waals surface area contributed by atoms with Gasteiger partial charge in [0.15, 0.2) is 0 Å². The minimum atomic E-state index is -2.28. The first-order valence-electron chi connectivity index (χ1n) is 5.37. The first-order valence-corrected chi connectivity index (χ1v) is 7.25. The Bertz CT molecular complexity index is 185. The Morgan fingerprint density at radius 2 is 1.92 bits per heavy atom. The van der Waals surface area contributed by atoms with Crippen molar-refractivity contribution in [3.8, 4) is 0 Å². The van der Waals surface area contributed by atoms with Gasteiger partial charge in [-0.3, -0.25) is 4.57 Å². The van der Waals surface area contributed by atoms with E-state index in [-0.39, 0.29) is 0 Å². The van der Waals surface area contributed by atoms with Gasteiger partial charge in [0.25, 0.3) is 0 Å². The van der Waals surface area contributed by atoms with E-state index in [2.05, 4.69) is 6.92 Å². The molecule has 0 saturated heterocycles. The van der Waals surface area contributed by atoms with Crippen molar-refractivity contribution in [2.75, 3.05) is 13.3 Å². The van der Waals surface area contributed by atoms with Crippen LogP contribution in [0.15, 0.2) is 0 Å². The largest absolute Gasteiger partial charge is 0.332 e. The van der Waals surface area contributed by atoms with Crippen molar-refractivity contribution in [1.29, 1.82) is 0 Å². The zero-order valence-electron chi connectivity index (χ0n) is 8.79. The van der Waals surface area contributed by atoms with Gasteiger partial charge in [-0.05, 0) is 19.3 Å². The molecule has 0 aromatic rings. The van der Waals surface area contributed by atoms with E-state index in [0.717, 1.165) is 25.4 Å². The summed E-state index contributed by atoms with van der Waals surface area (Å²) in [6.45, 7) is 2.08. The van der Waals surface area contributed by atoms with Gasteiger partial charge >= 0.3 is 0 Å². The summed E-state index contributed by atoms with van der Waals surface area (Å²) in [5, 5.41) is 0. The SMILES string of the molecule is CCCP(=O)(OC)C1CCCCC1. The molecule has 0 N–H and O–H groups in total. The molecule has 1 unspecified atom stereocenters. The third-order valence-electron chi connectivity index (χ3n) is 2.98. The summed E-state index contributed by atoms with van der Waals surface area (Å²) in [6, 6.07) is 0. The van der Waals surface area contributed by atoms with E-state index in [9.17, 15) is 4.57 Å². The van der Waals surface area contributed by atoms with E-state index in [4.69, 9.17) is 4.52 Å². The van der Waals surface area contributed by atoms with E-state index in [0.29, 0.717) is 5.66 Å². The van der Waals surface area contributed by atoms with Gasteiger partial charge in [-0.25, -0.2) is 0 Å². The lowest BCUT2D eigenvalue weighted by molar-refractivity contribution is 0.363. The van der Waals surface area contributed by atoms with Crippen molar-refractivity contribution in [1.82, 2.24) is 0 Å². The quantitative estimate of drug-likeness (QED) is 0.653. The second-order valence-electron chi connectivity index (χ2n) is 3.92. The van der Waals surface area contributed by atoms with Crippen LogP contribution in [0.25, 0.3) is 0 Å². The van der Waals surface area contributed by atoms with E-state index < -0.39 is 7.37 Å². The maximum Gasteiger partial charge on any atom is 0.205 e. The van der Waals surface area contributed by atoms with E-state index in [1.54, 1.807) is 7.11 Å². The summed E-state index contributed by atoms with van der Waals surface area (Å²) in [5.41, 5.74) is 0.367. The highest BCUT2D eigenvalue weighted by molar-refractivity contribution is 7.59. The molecular formula is C10H21O2P. The predicted molar refractivity (Wildman–Crippen MR) is 56.6 cm³/mol. The zero-order chi connectivity index (χ0) is 9.73. The van der Waals surface area contributed by atoms with Crippen molar-refractivity contribution in [2.24, 2.45) is 0 Å². The molecule has 0 spiro atoms. The van der Waals surface area contributed by atoms with E-state index in [1.807, 2.05) is 0 Å². The molecule has 2 nitrogen and oxygen atoms in total.